The van der Waals surface area contributed by atoms with Crippen molar-refractivity contribution in [3.63, 3.8) is 0 Å². The lowest BCUT2D eigenvalue weighted by Gasteiger charge is -2.30. The van der Waals surface area contributed by atoms with Crippen LogP contribution in [0.5, 0.6) is 5.75 Å². The maximum Gasteiger partial charge on any atom is 0.253 e. The third kappa shape index (κ3) is 3.77. The molecule has 0 aliphatic heterocycles. The fourth-order valence-electron chi connectivity index (χ4n) is 2.44. The summed E-state index contributed by atoms with van der Waals surface area (Å²) in [5, 5.41) is 8.80. The number of rotatable bonds is 4. The Balaban J connectivity index is 2.16. The summed E-state index contributed by atoms with van der Waals surface area (Å²) in [7, 11) is 3.40. The van der Waals surface area contributed by atoms with Crippen molar-refractivity contribution in [2.24, 2.45) is 5.92 Å². The van der Waals surface area contributed by atoms with Crippen molar-refractivity contribution < 1.29 is 14.6 Å². The molecule has 21 heavy (non-hydrogen) atoms. The molecule has 4 nitrogen and oxygen atoms in total. The molecule has 1 fully saturated rings. The summed E-state index contributed by atoms with van der Waals surface area (Å²) >= 11 is 0. The Morgan fingerprint density at radius 1 is 1.48 bits per heavy atom. The SMILES string of the molecule is COc1ccc(C(=O)N(C)CC2CCC2)cc1C#CCO. The van der Waals surface area contributed by atoms with Crippen molar-refractivity contribution in [1.82, 2.24) is 4.90 Å². The first-order valence-electron chi connectivity index (χ1n) is 7.19. The molecule has 1 aromatic rings. The van der Waals surface area contributed by atoms with E-state index in [1.54, 1.807) is 30.2 Å². The molecule has 1 aromatic carbocycles. The van der Waals surface area contributed by atoms with Crippen molar-refractivity contribution in [3.8, 4) is 17.6 Å². The molecule has 0 unspecified atom stereocenters. The molecule has 112 valence electrons. The van der Waals surface area contributed by atoms with Crippen LogP contribution in [0.15, 0.2) is 18.2 Å². The van der Waals surface area contributed by atoms with Crippen LogP contribution < -0.4 is 4.74 Å². The minimum Gasteiger partial charge on any atom is -0.495 e. The fourth-order valence-corrected chi connectivity index (χ4v) is 2.44. The van der Waals surface area contributed by atoms with Gasteiger partial charge in [-0.05, 0) is 37.0 Å². The topological polar surface area (TPSA) is 49.8 Å². The van der Waals surface area contributed by atoms with E-state index in [1.807, 2.05) is 7.05 Å². The van der Waals surface area contributed by atoms with E-state index in [1.165, 1.54) is 19.3 Å². The van der Waals surface area contributed by atoms with Crippen molar-refractivity contribution in [1.29, 1.82) is 0 Å². The zero-order valence-corrected chi connectivity index (χ0v) is 12.6. The molecule has 4 heteroatoms. The molecule has 1 aliphatic rings. The monoisotopic (exact) mass is 287 g/mol. The summed E-state index contributed by atoms with van der Waals surface area (Å²) in [5.74, 6) is 6.65. The van der Waals surface area contributed by atoms with Crippen LogP contribution in [0.25, 0.3) is 0 Å². The number of aliphatic hydroxyl groups excluding tert-OH is 1. The predicted octanol–water partition coefficient (Wildman–Crippen LogP) is 1.91. The molecule has 2 rings (SSSR count). The van der Waals surface area contributed by atoms with E-state index in [2.05, 4.69) is 11.8 Å². The smallest absolute Gasteiger partial charge is 0.253 e. The summed E-state index contributed by atoms with van der Waals surface area (Å²) in [6.45, 7) is 0.589. The second kappa shape index (κ2) is 7.14. The average molecular weight is 287 g/mol. The predicted molar refractivity (Wildman–Crippen MR) is 81.3 cm³/mol. The summed E-state index contributed by atoms with van der Waals surface area (Å²) in [4.78, 5) is 14.2. The number of hydrogen-bond donors (Lipinski definition) is 1. The van der Waals surface area contributed by atoms with E-state index in [9.17, 15) is 4.79 Å². The second-order valence-corrected chi connectivity index (χ2v) is 5.36. The Morgan fingerprint density at radius 2 is 2.24 bits per heavy atom. The van der Waals surface area contributed by atoms with Gasteiger partial charge in [0.2, 0.25) is 0 Å². The molecular formula is C17H21NO3. The van der Waals surface area contributed by atoms with E-state index in [0.717, 1.165) is 6.54 Å². The van der Waals surface area contributed by atoms with Crippen LogP contribution in [0.1, 0.15) is 35.2 Å². The molecule has 1 N–H and O–H groups in total. The Bertz CT molecular complexity index is 567. The van der Waals surface area contributed by atoms with Gasteiger partial charge in [-0.15, -0.1) is 0 Å². The minimum absolute atomic E-state index is 0.00315. The van der Waals surface area contributed by atoms with E-state index in [-0.39, 0.29) is 12.5 Å². The van der Waals surface area contributed by atoms with Crippen molar-refractivity contribution in [3.05, 3.63) is 29.3 Å². The second-order valence-electron chi connectivity index (χ2n) is 5.36. The van der Waals surface area contributed by atoms with E-state index >= 15 is 0 Å². The highest BCUT2D eigenvalue weighted by molar-refractivity contribution is 5.94. The third-order valence-corrected chi connectivity index (χ3v) is 3.85. The number of nitrogens with zero attached hydrogens (tertiary/aromatic N) is 1. The number of hydrogen-bond acceptors (Lipinski definition) is 3. The molecular weight excluding hydrogens is 266 g/mol. The quantitative estimate of drug-likeness (QED) is 0.861. The third-order valence-electron chi connectivity index (χ3n) is 3.85. The average Bonchev–Trinajstić information content (AvgIpc) is 2.47. The Labute approximate surface area is 125 Å². The number of amides is 1. The molecule has 0 spiro atoms. The van der Waals surface area contributed by atoms with E-state index < -0.39 is 0 Å². The Hall–Kier alpha value is -1.99. The van der Waals surface area contributed by atoms with Gasteiger partial charge < -0.3 is 14.7 Å². The van der Waals surface area contributed by atoms with Crippen molar-refractivity contribution in [2.45, 2.75) is 19.3 Å². The number of aliphatic hydroxyl groups is 1. The van der Waals surface area contributed by atoms with E-state index in [4.69, 9.17) is 9.84 Å². The number of carbonyl (C=O) groups excluding carboxylic acids is 1. The zero-order valence-electron chi connectivity index (χ0n) is 12.6. The van der Waals surface area contributed by atoms with Crippen LogP contribution in [0.2, 0.25) is 0 Å². The number of methoxy groups -OCH3 is 1. The summed E-state index contributed by atoms with van der Waals surface area (Å²) < 4.78 is 5.22. The first-order valence-corrected chi connectivity index (χ1v) is 7.19. The van der Waals surface area contributed by atoms with Gasteiger partial charge in [0.15, 0.2) is 0 Å². The normalized spacial score (nSPS) is 13.9. The van der Waals surface area contributed by atoms with Crippen molar-refractivity contribution in [2.75, 3.05) is 27.3 Å². The largest absolute Gasteiger partial charge is 0.495 e. The van der Waals surface area contributed by atoms with Crippen molar-refractivity contribution >= 4 is 5.91 Å². The van der Waals surface area contributed by atoms with Gasteiger partial charge in [-0.2, -0.15) is 0 Å². The first-order chi connectivity index (χ1) is 10.2. The molecule has 0 radical (unpaired) electrons. The lowest BCUT2D eigenvalue weighted by Crippen LogP contribution is -2.34. The van der Waals surface area contributed by atoms with Crippen LogP contribution >= 0.6 is 0 Å². The summed E-state index contributed by atoms with van der Waals surface area (Å²) in [6, 6.07) is 5.22. The lowest BCUT2D eigenvalue weighted by molar-refractivity contribution is 0.0745. The highest BCUT2D eigenvalue weighted by Gasteiger charge is 2.22. The highest BCUT2D eigenvalue weighted by atomic mass is 16.5. The number of carbonyl (C=O) groups is 1. The molecule has 0 heterocycles. The molecule has 1 aliphatic carbocycles. The molecule has 0 atom stereocenters. The van der Waals surface area contributed by atoms with Gasteiger partial charge in [0.05, 0.1) is 12.7 Å². The molecule has 0 aromatic heterocycles. The highest BCUT2D eigenvalue weighted by Crippen LogP contribution is 2.27. The molecule has 1 saturated carbocycles. The number of ether oxygens (including phenoxy) is 1. The van der Waals surface area contributed by atoms with Crippen LogP contribution in [0.3, 0.4) is 0 Å². The maximum atomic E-state index is 12.4. The van der Waals surface area contributed by atoms with Gasteiger partial charge in [0, 0.05) is 19.2 Å². The van der Waals surface area contributed by atoms with Crippen LogP contribution in [-0.4, -0.2) is 43.2 Å². The summed E-state index contributed by atoms with van der Waals surface area (Å²) in [6.07, 6.45) is 3.71. The Kier molecular flexibility index (Phi) is 5.24. The summed E-state index contributed by atoms with van der Waals surface area (Å²) in [5.41, 5.74) is 1.22. The Morgan fingerprint density at radius 3 is 2.81 bits per heavy atom. The van der Waals surface area contributed by atoms with Crippen LogP contribution in [0.4, 0.5) is 0 Å². The lowest BCUT2D eigenvalue weighted by atomic mass is 9.85. The van der Waals surface area contributed by atoms with E-state index in [0.29, 0.717) is 22.8 Å². The number of benzene rings is 1. The standard InChI is InChI=1S/C17H21NO3/c1-18(12-13-5-3-6-13)17(20)15-8-9-16(21-2)14(11-15)7-4-10-19/h8-9,11,13,19H,3,5-6,10,12H2,1-2H3. The first kappa shape index (κ1) is 15.4. The van der Waals surface area contributed by atoms with Gasteiger partial charge in [0.25, 0.3) is 5.91 Å². The zero-order chi connectivity index (χ0) is 15.2. The van der Waals surface area contributed by atoms with Crippen LogP contribution in [0, 0.1) is 17.8 Å². The van der Waals surface area contributed by atoms with Gasteiger partial charge in [-0.1, -0.05) is 18.3 Å². The van der Waals surface area contributed by atoms with Crippen LogP contribution in [-0.2, 0) is 0 Å². The van der Waals surface area contributed by atoms with Gasteiger partial charge >= 0.3 is 0 Å². The maximum absolute atomic E-state index is 12.4. The van der Waals surface area contributed by atoms with Gasteiger partial charge in [0.1, 0.15) is 12.4 Å². The fraction of sp³-hybridized carbons (Fsp3) is 0.471. The molecule has 0 bridgehead atoms. The van der Waals surface area contributed by atoms with Gasteiger partial charge in [-0.25, -0.2) is 0 Å². The molecule has 1 amide bonds. The van der Waals surface area contributed by atoms with Gasteiger partial charge in [-0.3, -0.25) is 4.79 Å². The minimum atomic E-state index is -0.219. The molecule has 0 saturated heterocycles.